The molecule has 0 spiro atoms. The van der Waals surface area contributed by atoms with Gasteiger partial charge in [-0.2, -0.15) is 0 Å². The van der Waals surface area contributed by atoms with Crippen molar-refractivity contribution in [2.45, 2.75) is 0 Å². The highest BCUT2D eigenvalue weighted by Crippen LogP contribution is 2.39. The maximum atomic E-state index is 9.17. The van der Waals surface area contributed by atoms with Gasteiger partial charge >= 0.3 is 0 Å². The summed E-state index contributed by atoms with van der Waals surface area (Å²) >= 11 is 0. The second kappa shape index (κ2) is 13.0. The lowest BCUT2D eigenvalue weighted by atomic mass is 9.97. The van der Waals surface area contributed by atoms with Crippen LogP contribution in [0.3, 0.4) is 0 Å². The Bertz CT molecular complexity index is 3460. The molecule has 56 heavy (non-hydrogen) atoms. The molecule has 0 amide bonds. The van der Waals surface area contributed by atoms with Crippen molar-refractivity contribution in [3.05, 3.63) is 194 Å². The maximum absolute atomic E-state index is 9.17. The van der Waals surface area contributed by atoms with Gasteiger partial charge in [-0.3, -0.25) is 0 Å². The van der Waals surface area contributed by atoms with Crippen molar-refractivity contribution in [1.29, 1.82) is 0 Å². The number of hydrogen-bond acceptors (Lipinski definition) is 4. The minimum absolute atomic E-state index is 0.0771. The minimum Gasteiger partial charge on any atom is -0.456 e. The quantitative estimate of drug-likeness (QED) is 0.172. The fourth-order valence-electron chi connectivity index (χ4n) is 7.72. The van der Waals surface area contributed by atoms with E-state index in [9.17, 15) is 1.37 Å². The molecule has 0 radical (unpaired) electrons. The normalized spacial score (nSPS) is 12.6. The number of rotatable bonds is 6. The number of nitrogens with zero attached hydrogens (tertiary/aromatic N) is 4. The first kappa shape index (κ1) is 27.9. The van der Waals surface area contributed by atoms with E-state index in [4.69, 9.17) is 23.5 Å². The molecule has 262 valence electrons. The average molecular weight is 721 g/mol. The van der Waals surface area contributed by atoms with Gasteiger partial charge in [-0.15, -0.1) is 0 Å². The highest BCUT2D eigenvalue weighted by atomic mass is 16.3. The molecular formula is C51H32N4O. The molecule has 5 nitrogen and oxygen atoms in total. The van der Waals surface area contributed by atoms with Crippen LogP contribution in [0.1, 0.15) is 5.48 Å². The minimum atomic E-state index is -0.283. The first-order valence-electron chi connectivity index (χ1n) is 20.4. The maximum Gasteiger partial charge on any atom is 0.164 e. The molecule has 0 saturated heterocycles. The lowest BCUT2D eigenvalue weighted by Crippen LogP contribution is -2.00. The number of furan rings is 1. The van der Waals surface area contributed by atoms with Crippen molar-refractivity contribution < 1.29 is 9.90 Å². The summed E-state index contributed by atoms with van der Waals surface area (Å²) in [4.78, 5) is 14.9. The van der Waals surface area contributed by atoms with Gasteiger partial charge in [-0.25, -0.2) is 15.0 Å². The molecule has 0 N–H and O–H groups in total. The summed E-state index contributed by atoms with van der Waals surface area (Å²) in [6.45, 7) is 0. The van der Waals surface area contributed by atoms with Gasteiger partial charge in [0.05, 0.1) is 16.5 Å². The Morgan fingerprint density at radius 3 is 1.75 bits per heavy atom. The molecule has 8 aromatic carbocycles. The van der Waals surface area contributed by atoms with Crippen LogP contribution in [0.2, 0.25) is 0 Å². The summed E-state index contributed by atoms with van der Waals surface area (Å²) in [6.07, 6.45) is 0. The van der Waals surface area contributed by atoms with Crippen molar-refractivity contribution >= 4 is 43.7 Å². The Hall–Kier alpha value is -7.63. The Morgan fingerprint density at radius 2 is 0.982 bits per heavy atom. The van der Waals surface area contributed by atoms with E-state index in [1.54, 1.807) is 0 Å². The zero-order valence-electron chi connectivity index (χ0n) is 33.9. The first-order chi connectivity index (χ1) is 29.4. The third kappa shape index (κ3) is 5.37. The Labute approximate surface area is 328 Å². The second-order valence-corrected chi connectivity index (χ2v) is 13.7. The summed E-state index contributed by atoms with van der Waals surface area (Å²) in [5.41, 5.74) is 9.91. The van der Waals surface area contributed by atoms with Crippen LogP contribution in [0, 0.1) is 0 Å². The van der Waals surface area contributed by atoms with Crippen LogP contribution < -0.4 is 0 Å². The van der Waals surface area contributed by atoms with Crippen LogP contribution in [-0.2, 0) is 0 Å². The van der Waals surface area contributed by atoms with E-state index >= 15 is 0 Å². The van der Waals surface area contributed by atoms with Gasteiger partial charge in [0.25, 0.3) is 0 Å². The van der Waals surface area contributed by atoms with Crippen LogP contribution >= 0.6 is 0 Å². The predicted molar refractivity (Wildman–Crippen MR) is 229 cm³/mol. The van der Waals surface area contributed by atoms with Crippen LogP contribution in [-0.4, -0.2) is 19.5 Å². The van der Waals surface area contributed by atoms with Crippen molar-refractivity contribution in [3.8, 4) is 62.1 Å². The van der Waals surface area contributed by atoms with Gasteiger partial charge in [-0.05, 0) is 76.8 Å². The summed E-state index contributed by atoms with van der Waals surface area (Å²) in [7, 11) is 0. The van der Waals surface area contributed by atoms with E-state index in [1.807, 2.05) is 132 Å². The molecule has 0 aliphatic rings. The van der Waals surface area contributed by atoms with E-state index in [0.717, 1.165) is 77.5 Å². The molecule has 0 atom stereocenters. The van der Waals surface area contributed by atoms with E-state index in [0.29, 0.717) is 28.4 Å². The van der Waals surface area contributed by atoms with Crippen molar-refractivity contribution in [2.24, 2.45) is 0 Å². The number of benzene rings is 8. The van der Waals surface area contributed by atoms with Gasteiger partial charge < -0.3 is 8.98 Å². The molecule has 0 unspecified atom stereocenters. The molecule has 11 rings (SSSR count). The highest BCUT2D eigenvalue weighted by molar-refractivity contribution is 6.15. The first-order valence-corrected chi connectivity index (χ1v) is 18.4. The Morgan fingerprint density at radius 1 is 0.411 bits per heavy atom. The van der Waals surface area contributed by atoms with E-state index in [1.165, 1.54) is 0 Å². The van der Waals surface area contributed by atoms with Crippen LogP contribution in [0.5, 0.6) is 0 Å². The van der Waals surface area contributed by atoms with Crippen molar-refractivity contribution in [2.75, 3.05) is 0 Å². The summed E-state index contributed by atoms with van der Waals surface area (Å²) in [5.74, 6) is 1.53. The largest absolute Gasteiger partial charge is 0.456 e. The van der Waals surface area contributed by atoms with Gasteiger partial charge in [-0.1, -0.05) is 139 Å². The number of aromatic nitrogens is 4. The van der Waals surface area contributed by atoms with E-state index in [-0.39, 0.29) is 24.2 Å². The molecule has 0 saturated carbocycles. The summed E-state index contributed by atoms with van der Waals surface area (Å²) < 4.78 is 43.8. The molecule has 3 aromatic heterocycles. The predicted octanol–water partition coefficient (Wildman–Crippen LogP) is 13.2. The average Bonchev–Trinajstić information content (AvgIpc) is 3.87. The van der Waals surface area contributed by atoms with Crippen LogP contribution in [0.4, 0.5) is 0 Å². The number of fused-ring (bicyclic) bond motifs is 6. The van der Waals surface area contributed by atoms with E-state index in [2.05, 4.69) is 42.5 Å². The number of hydrogen-bond donors (Lipinski definition) is 0. The lowest BCUT2D eigenvalue weighted by molar-refractivity contribution is 0.669. The fraction of sp³-hybridized carbons (Fsp3) is 0. The monoisotopic (exact) mass is 720 g/mol. The Balaban J connectivity index is 1.06. The van der Waals surface area contributed by atoms with E-state index < -0.39 is 0 Å². The zero-order valence-corrected chi connectivity index (χ0v) is 29.9. The SMILES string of the molecule is [2H]c1c([2H])c([2H])c2c(c1[2H])c1c(-c3ccc(-c4ccccc4)cc3)cccc1n2-c1ccc(-c2nc(-c3ccccc3)nc(-c3ccc4c(c3)oc3ccccc34)n2)cc1. The standard InChI is InChI=1S/C51H32N4O/c1-3-12-33(13-4-1)34-22-24-35(25-23-34)40-18-11-20-45-48(40)43-17-7-9-19-44(43)55(45)39-29-26-37(27-30-39)50-52-49(36-14-5-2-6-15-36)53-51(54-50)38-28-31-42-41-16-8-10-21-46(41)56-47(42)32-38/h1-32H/i7D,9D,17D,19D. The Kier molecular flexibility index (Phi) is 6.50. The molecule has 0 aliphatic carbocycles. The van der Waals surface area contributed by atoms with Crippen molar-refractivity contribution in [3.63, 3.8) is 0 Å². The molecule has 5 heteroatoms. The third-order valence-electron chi connectivity index (χ3n) is 10.4. The lowest BCUT2D eigenvalue weighted by Gasteiger charge is -2.11. The summed E-state index contributed by atoms with van der Waals surface area (Å²) in [6, 6.07) is 55.4. The van der Waals surface area contributed by atoms with Gasteiger partial charge in [0.1, 0.15) is 11.2 Å². The molecule has 0 fully saturated rings. The topological polar surface area (TPSA) is 56.7 Å². The third-order valence-corrected chi connectivity index (χ3v) is 10.4. The highest BCUT2D eigenvalue weighted by Gasteiger charge is 2.18. The molecule has 0 bridgehead atoms. The summed E-state index contributed by atoms with van der Waals surface area (Å²) in [5, 5.41) is 3.30. The molecule has 3 heterocycles. The van der Waals surface area contributed by atoms with Gasteiger partial charge in [0, 0.05) is 43.9 Å². The molecule has 0 aliphatic heterocycles. The molecule has 11 aromatic rings. The number of para-hydroxylation sites is 2. The molecular weight excluding hydrogens is 685 g/mol. The van der Waals surface area contributed by atoms with Gasteiger partial charge in [0.15, 0.2) is 17.5 Å². The second-order valence-electron chi connectivity index (χ2n) is 13.7. The van der Waals surface area contributed by atoms with Crippen molar-refractivity contribution in [1.82, 2.24) is 19.5 Å². The van der Waals surface area contributed by atoms with Crippen LogP contribution in [0.25, 0.3) is 106 Å². The van der Waals surface area contributed by atoms with Crippen LogP contribution in [0.15, 0.2) is 198 Å². The van der Waals surface area contributed by atoms with Gasteiger partial charge in [0.2, 0.25) is 0 Å². The smallest absolute Gasteiger partial charge is 0.164 e. The zero-order chi connectivity index (χ0) is 40.5. The fourth-order valence-corrected chi connectivity index (χ4v) is 7.72.